The Morgan fingerprint density at radius 3 is 2.71 bits per heavy atom. The van der Waals surface area contributed by atoms with E-state index < -0.39 is 4.87 Å². The first-order valence-corrected chi connectivity index (χ1v) is 5.14. The minimum atomic E-state index is -0.971. The Labute approximate surface area is 87.0 Å². The topological polar surface area (TPSA) is 35.5 Å². The molecule has 0 aromatic carbocycles. The van der Waals surface area contributed by atoms with E-state index >= 15 is 0 Å². The second-order valence-electron chi connectivity index (χ2n) is 4.22. The zero-order valence-electron chi connectivity index (χ0n) is 7.83. The number of fused-ring (bicyclic) bond motifs is 3. The van der Waals surface area contributed by atoms with Crippen LogP contribution in [0.3, 0.4) is 0 Å². The molecule has 2 heterocycles. The lowest BCUT2D eigenvalue weighted by atomic mass is 9.79. The maximum Gasteiger partial charge on any atom is 0.330 e. The fraction of sp³-hybridized carbons (Fsp3) is 0.700. The van der Waals surface area contributed by atoms with E-state index in [0.29, 0.717) is 0 Å². The van der Waals surface area contributed by atoms with Gasteiger partial charge in [0.05, 0.1) is 13.2 Å². The number of hydrogen-bond acceptors (Lipinski definition) is 3. The molecule has 3 atom stereocenters. The molecule has 3 nitrogen and oxygen atoms in total. The van der Waals surface area contributed by atoms with Crippen molar-refractivity contribution in [3.05, 3.63) is 12.2 Å². The van der Waals surface area contributed by atoms with E-state index in [9.17, 15) is 4.79 Å². The molecule has 2 fully saturated rings. The van der Waals surface area contributed by atoms with Crippen molar-refractivity contribution in [3.8, 4) is 0 Å². The average Bonchev–Trinajstić information content (AvgIpc) is 2.78. The molecular formula is C10H11ClO3. The van der Waals surface area contributed by atoms with Gasteiger partial charge in [0, 0.05) is 5.41 Å². The summed E-state index contributed by atoms with van der Waals surface area (Å²) in [6.07, 6.45) is 5.52. The third kappa shape index (κ3) is 0.695. The number of ether oxygens (including phenoxy) is 2. The minimum Gasteiger partial charge on any atom is -0.468 e. The predicted molar refractivity (Wildman–Crippen MR) is 50.1 cm³/mol. The molecular weight excluding hydrogens is 204 g/mol. The van der Waals surface area contributed by atoms with Crippen LogP contribution in [0.4, 0.5) is 0 Å². The highest BCUT2D eigenvalue weighted by Gasteiger charge is 2.76. The predicted octanol–water partition coefficient (Wildman–Crippen LogP) is 1.25. The lowest BCUT2D eigenvalue weighted by molar-refractivity contribution is -0.146. The lowest BCUT2D eigenvalue weighted by Gasteiger charge is -2.30. The van der Waals surface area contributed by atoms with E-state index in [0.717, 1.165) is 12.8 Å². The van der Waals surface area contributed by atoms with Gasteiger partial charge in [0.2, 0.25) is 0 Å². The number of carbonyl (C=O) groups excluding carboxylic acids is 1. The van der Waals surface area contributed by atoms with E-state index in [1.807, 2.05) is 12.2 Å². The summed E-state index contributed by atoms with van der Waals surface area (Å²) in [5, 5.41) is 0. The Morgan fingerprint density at radius 2 is 2.14 bits per heavy atom. The van der Waals surface area contributed by atoms with Crippen molar-refractivity contribution < 1.29 is 14.3 Å². The number of halogens is 1. The number of rotatable bonds is 1. The van der Waals surface area contributed by atoms with Crippen molar-refractivity contribution in [2.45, 2.75) is 29.9 Å². The molecule has 1 saturated heterocycles. The zero-order chi connectivity index (χ0) is 9.97. The van der Waals surface area contributed by atoms with Crippen molar-refractivity contribution in [2.75, 3.05) is 7.11 Å². The van der Waals surface area contributed by atoms with Gasteiger partial charge in [-0.2, -0.15) is 0 Å². The van der Waals surface area contributed by atoms with Crippen LogP contribution >= 0.6 is 11.6 Å². The lowest BCUT2D eigenvalue weighted by Crippen LogP contribution is -2.49. The molecule has 1 aliphatic carbocycles. The Bertz CT molecular complexity index is 334. The number of carbonyl (C=O) groups is 1. The number of methoxy groups -OCH3 is 1. The van der Waals surface area contributed by atoms with Crippen molar-refractivity contribution >= 4 is 17.6 Å². The fourth-order valence-corrected chi connectivity index (χ4v) is 3.23. The van der Waals surface area contributed by atoms with E-state index in [1.165, 1.54) is 7.11 Å². The molecule has 0 N–H and O–H groups in total. The van der Waals surface area contributed by atoms with Crippen LogP contribution in [0.25, 0.3) is 0 Å². The van der Waals surface area contributed by atoms with Gasteiger partial charge >= 0.3 is 5.97 Å². The molecule has 14 heavy (non-hydrogen) atoms. The Kier molecular flexibility index (Phi) is 1.46. The molecule has 0 aromatic rings. The van der Waals surface area contributed by atoms with Crippen molar-refractivity contribution in [3.63, 3.8) is 0 Å². The van der Waals surface area contributed by atoms with Crippen LogP contribution in [0.5, 0.6) is 0 Å². The van der Waals surface area contributed by atoms with E-state index in [2.05, 4.69) is 0 Å². The van der Waals surface area contributed by atoms with E-state index in [4.69, 9.17) is 21.1 Å². The van der Waals surface area contributed by atoms with E-state index in [1.54, 1.807) is 0 Å². The molecule has 0 unspecified atom stereocenters. The standard InChI is InChI=1S/C10H11ClO3/c1-13-8(12)10(11)7-3-2-6(14-7)9(10)4-5-9/h2-3,6-7H,4-5H2,1H3/t6-,7+,10-/m0/s1. The number of hydrogen-bond donors (Lipinski definition) is 0. The van der Waals surface area contributed by atoms with Gasteiger partial charge in [-0.05, 0) is 12.8 Å². The molecule has 2 aliphatic heterocycles. The number of alkyl halides is 1. The Balaban J connectivity index is 2.07. The van der Waals surface area contributed by atoms with Gasteiger partial charge in [0.1, 0.15) is 6.10 Å². The van der Waals surface area contributed by atoms with Crippen LogP contribution in [0.1, 0.15) is 12.8 Å². The molecule has 4 heteroatoms. The Morgan fingerprint density at radius 1 is 1.50 bits per heavy atom. The van der Waals surface area contributed by atoms with Gasteiger partial charge in [-0.1, -0.05) is 12.2 Å². The normalized spacial score (nSPS) is 45.9. The second kappa shape index (κ2) is 2.34. The van der Waals surface area contributed by atoms with Crippen molar-refractivity contribution in [2.24, 2.45) is 5.41 Å². The first kappa shape index (κ1) is 8.74. The molecule has 3 aliphatic rings. The summed E-state index contributed by atoms with van der Waals surface area (Å²) in [7, 11) is 1.37. The van der Waals surface area contributed by atoms with Crippen LogP contribution < -0.4 is 0 Å². The summed E-state index contributed by atoms with van der Waals surface area (Å²) in [5.74, 6) is -0.353. The van der Waals surface area contributed by atoms with Gasteiger partial charge in [0.25, 0.3) is 0 Å². The highest BCUT2D eigenvalue weighted by Crippen LogP contribution is 2.68. The average molecular weight is 215 g/mol. The van der Waals surface area contributed by atoms with E-state index in [-0.39, 0.29) is 23.6 Å². The highest BCUT2D eigenvalue weighted by molar-refractivity contribution is 6.36. The largest absolute Gasteiger partial charge is 0.468 e. The second-order valence-corrected chi connectivity index (χ2v) is 4.82. The summed E-state index contributed by atoms with van der Waals surface area (Å²) < 4.78 is 10.4. The SMILES string of the molecule is COC(=O)[C@@]1(Cl)[C@H]2C=C[C@H](O2)C12CC2. The molecule has 76 valence electrons. The molecule has 2 bridgehead atoms. The zero-order valence-corrected chi connectivity index (χ0v) is 8.58. The molecule has 1 spiro atoms. The first-order valence-electron chi connectivity index (χ1n) is 4.76. The molecule has 0 amide bonds. The van der Waals surface area contributed by atoms with Crippen molar-refractivity contribution in [1.82, 2.24) is 0 Å². The quantitative estimate of drug-likeness (QED) is 0.375. The highest BCUT2D eigenvalue weighted by atomic mass is 35.5. The molecule has 3 rings (SSSR count). The van der Waals surface area contributed by atoms with Gasteiger partial charge < -0.3 is 9.47 Å². The monoisotopic (exact) mass is 214 g/mol. The van der Waals surface area contributed by atoms with Gasteiger partial charge in [-0.25, -0.2) is 0 Å². The van der Waals surface area contributed by atoms with Crippen molar-refractivity contribution in [1.29, 1.82) is 0 Å². The molecule has 1 saturated carbocycles. The van der Waals surface area contributed by atoms with Crippen LogP contribution in [0.15, 0.2) is 12.2 Å². The summed E-state index contributed by atoms with van der Waals surface area (Å²) in [6, 6.07) is 0. The Hall–Kier alpha value is -0.540. The maximum absolute atomic E-state index is 11.7. The minimum absolute atomic E-state index is 0.0177. The molecule has 0 radical (unpaired) electrons. The first-order chi connectivity index (χ1) is 6.65. The smallest absolute Gasteiger partial charge is 0.330 e. The summed E-state index contributed by atoms with van der Waals surface area (Å²) in [4.78, 5) is 10.7. The van der Waals surface area contributed by atoms with Gasteiger partial charge in [0.15, 0.2) is 4.87 Å². The number of esters is 1. The molecule has 0 aromatic heterocycles. The summed E-state index contributed by atoms with van der Waals surface area (Å²) >= 11 is 6.42. The third-order valence-electron chi connectivity index (χ3n) is 3.69. The van der Waals surface area contributed by atoms with Gasteiger partial charge in [-0.3, -0.25) is 4.79 Å². The van der Waals surface area contributed by atoms with Gasteiger partial charge in [-0.15, -0.1) is 11.6 Å². The summed E-state index contributed by atoms with van der Waals surface area (Å²) in [6.45, 7) is 0. The van der Waals surface area contributed by atoms with Crippen LogP contribution in [0.2, 0.25) is 0 Å². The van der Waals surface area contributed by atoms with Crippen LogP contribution in [0, 0.1) is 5.41 Å². The maximum atomic E-state index is 11.7. The third-order valence-corrected chi connectivity index (χ3v) is 4.43. The van der Waals surface area contributed by atoms with Crippen LogP contribution in [-0.2, 0) is 14.3 Å². The fourth-order valence-electron chi connectivity index (χ4n) is 2.73. The summed E-state index contributed by atoms with van der Waals surface area (Å²) in [5.41, 5.74) is -0.179. The van der Waals surface area contributed by atoms with Crippen LogP contribution in [-0.4, -0.2) is 30.2 Å².